The van der Waals surface area contributed by atoms with Crippen LogP contribution in [0.5, 0.6) is 0 Å². The monoisotopic (exact) mass is 297 g/mol. The molecule has 0 saturated carbocycles. The van der Waals surface area contributed by atoms with Crippen molar-refractivity contribution in [1.82, 2.24) is 10.2 Å². The van der Waals surface area contributed by atoms with Crippen LogP contribution >= 0.6 is 11.6 Å². The summed E-state index contributed by atoms with van der Waals surface area (Å²) in [6.07, 6.45) is 0. The van der Waals surface area contributed by atoms with Gasteiger partial charge < -0.3 is 15.7 Å². The Bertz CT molecular complexity index is 516. The summed E-state index contributed by atoms with van der Waals surface area (Å²) >= 11 is 5.77. The van der Waals surface area contributed by atoms with Gasteiger partial charge in [0.1, 0.15) is 0 Å². The average Bonchev–Trinajstić information content (AvgIpc) is 2.41. The second-order valence-corrected chi connectivity index (χ2v) is 4.98. The zero-order valence-corrected chi connectivity index (χ0v) is 11.6. The maximum Gasteiger partial charge on any atom is 0.337 e. The molecule has 1 amide bonds. The third-order valence-corrected chi connectivity index (χ3v) is 3.39. The first kappa shape index (κ1) is 14.8. The predicted octanol–water partition coefficient (Wildman–Crippen LogP) is 0.882. The fraction of sp³-hybridized carbons (Fsp3) is 0.385. The Hall–Kier alpha value is -1.63. The van der Waals surface area contributed by atoms with Gasteiger partial charge in [0.15, 0.2) is 0 Å². The molecule has 0 radical (unpaired) electrons. The number of benzene rings is 1. The van der Waals surface area contributed by atoms with E-state index >= 15 is 0 Å². The number of carboxylic acids is 1. The number of carboxylic acid groups (broad SMARTS) is 1. The molecule has 0 aromatic heterocycles. The van der Waals surface area contributed by atoms with Gasteiger partial charge in [-0.15, -0.1) is 0 Å². The Morgan fingerprint density at radius 3 is 2.70 bits per heavy atom. The molecule has 0 atom stereocenters. The van der Waals surface area contributed by atoms with E-state index in [4.69, 9.17) is 16.7 Å². The van der Waals surface area contributed by atoms with E-state index in [-0.39, 0.29) is 16.5 Å². The standard InChI is InChI=1S/C13H16ClN3O3/c14-11-2-1-9(7-10(11)13(19)20)16-12(18)8-17-5-3-15-4-6-17/h1-2,7,15H,3-6,8H2,(H,16,18)(H,19,20). The number of nitrogens with zero attached hydrogens (tertiary/aromatic N) is 1. The van der Waals surface area contributed by atoms with Crippen LogP contribution in [0.25, 0.3) is 0 Å². The molecule has 1 aliphatic heterocycles. The van der Waals surface area contributed by atoms with Crippen LogP contribution in [-0.4, -0.2) is 54.6 Å². The van der Waals surface area contributed by atoms with Gasteiger partial charge in [-0.05, 0) is 18.2 Å². The van der Waals surface area contributed by atoms with Crippen molar-refractivity contribution in [1.29, 1.82) is 0 Å². The van der Waals surface area contributed by atoms with Crippen LogP contribution in [-0.2, 0) is 4.79 Å². The van der Waals surface area contributed by atoms with Crippen molar-refractivity contribution >= 4 is 29.2 Å². The average molecular weight is 298 g/mol. The third-order valence-electron chi connectivity index (χ3n) is 3.06. The van der Waals surface area contributed by atoms with Crippen LogP contribution in [0.4, 0.5) is 5.69 Å². The van der Waals surface area contributed by atoms with Crippen molar-refractivity contribution in [3.8, 4) is 0 Å². The number of aromatic carboxylic acids is 1. The highest BCUT2D eigenvalue weighted by atomic mass is 35.5. The molecule has 0 aliphatic carbocycles. The summed E-state index contributed by atoms with van der Waals surface area (Å²) in [4.78, 5) is 24.9. The molecule has 7 heteroatoms. The van der Waals surface area contributed by atoms with Crippen molar-refractivity contribution < 1.29 is 14.7 Å². The third kappa shape index (κ3) is 3.93. The zero-order valence-electron chi connectivity index (χ0n) is 10.9. The maximum absolute atomic E-state index is 11.9. The summed E-state index contributed by atoms with van der Waals surface area (Å²) < 4.78 is 0. The fourth-order valence-corrected chi connectivity index (χ4v) is 2.24. The normalized spacial score (nSPS) is 15.8. The molecule has 1 saturated heterocycles. The molecule has 1 heterocycles. The summed E-state index contributed by atoms with van der Waals surface area (Å²) in [6.45, 7) is 3.70. The molecule has 0 spiro atoms. The lowest BCUT2D eigenvalue weighted by atomic mass is 10.2. The van der Waals surface area contributed by atoms with Crippen LogP contribution < -0.4 is 10.6 Å². The number of anilines is 1. The fourth-order valence-electron chi connectivity index (χ4n) is 2.04. The molecule has 2 rings (SSSR count). The molecular weight excluding hydrogens is 282 g/mol. The molecule has 1 fully saturated rings. The molecule has 1 aromatic carbocycles. The van der Waals surface area contributed by atoms with E-state index in [2.05, 4.69) is 10.6 Å². The highest BCUT2D eigenvalue weighted by Crippen LogP contribution is 2.20. The van der Waals surface area contributed by atoms with Gasteiger partial charge in [-0.3, -0.25) is 9.69 Å². The van der Waals surface area contributed by atoms with Crippen LogP contribution in [0, 0.1) is 0 Å². The molecule has 1 aliphatic rings. The molecule has 0 bridgehead atoms. The van der Waals surface area contributed by atoms with Crippen LogP contribution in [0.3, 0.4) is 0 Å². The summed E-state index contributed by atoms with van der Waals surface area (Å²) in [5, 5.41) is 15.0. The van der Waals surface area contributed by atoms with Gasteiger partial charge in [-0.2, -0.15) is 0 Å². The van der Waals surface area contributed by atoms with Crippen molar-refractivity contribution in [3.63, 3.8) is 0 Å². The summed E-state index contributed by atoms with van der Waals surface area (Å²) in [5.74, 6) is -1.28. The minimum absolute atomic E-state index is 0.0216. The quantitative estimate of drug-likeness (QED) is 0.769. The van der Waals surface area contributed by atoms with E-state index in [0.29, 0.717) is 12.2 Å². The highest BCUT2D eigenvalue weighted by molar-refractivity contribution is 6.33. The predicted molar refractivity (Wildman–Crippen MR) is 76.4 cm³/mol. The first-order valence-corrected chi connectivity index (χ1v) is 6.70. The second kappa shape index (κ2) is 6.69. The Kier molecular flexibility index (Phi) is 4.94. The van der Waals surface area contributed by atoms with Gasteiger partial charge in [-0.1, -0.05) is 11.6 Å². The van der Waals surface area contributed by atoms with Crippen molar-refractivity contribution in [2.75, 3.05) is 38.0 Å². The number of nitrogens with one attached hydrogen (secondary N) is 2. The summed E-state index contributed by atoms with van der Waals surface area (Å²) in [7, 11) is 0. The molecule has 0 unspecified atom stereocenters. The molecule has 6 nitrogen and oxygen atoms in total. The van der Waals surface area contributed by atoms with E-state index < -0.39 is 5.97 Å². The number of carbonyl (C=O) groups excluding carboxylic acids is 1. The minimum Gasteiger partial charge on any atom is -0.478 e. The van der Waals surface area contributed by atoms with Gasteiger partial charge in [0.2, 0.25) is 5.91 Å². The first-order chi connectivity index (χ1) is 9.56. The number of halogens is 1. The number of hydrogen-bond acceptors (Lipinski definition) is 4. The van der Waals surface area contributed by atoms with Gasteiger partial charge in [0.05, 0.1) is 17.1 Å². The lowest BCUT2D eigenvalue weighted by molar-refractivity contribution is -0.117. The lowest BCUT2D eigenvalue weighted by Gasteiger charge is -2.26. The van der Waals surface area contributed by atoms with Crippen molar-refractivity contribution in [3.05, 3.63) is 28.8 Å². The number of rotatable bonds is 4. The Labute approximate surface area is 121 Å². The number of hydrogen-bond donors (Lipinski definition) is 3. The first-order valence-electron chi connectivity index (χ1n) is 6.32. The summed E-state index contributed by atoms with van der Waals surface area (Å²) in [6, 6.07) is 4.41. The summed E-state index contributed by atoms with van der Waals surface area (Å²) in [5.41, 5.74) is 0.415. The Morgan fingerprint density at radius 1 is 1.35 bits per heavy atom. The van der Waals surface area contributed by atoms with Gasteiger partial charge in [0, 0.05) is 31.9 Å². The van der Waals surface area contributed by atoms with Crippen LogP contribution in [0.2, 0.25) is 5.02 Å². The van der Waals surface area contributed by atoms with E-state index in [1.807, 2.05) is 4.90 Å². The largest absolute Gasteiger partial charge is 0.478 e. The van der Waals surface area contributed by atoms with Gasteiger partial charge in [0.25, 0.3) is 0 Å². The molecule has 1 aromatic rings. The van der Waals surface area contributed by atoms with Crippen molar-refractivity contribution in [2.45, 2.75) is 0 Å². The SMILES string of the molecule is O=C(CN1CCNCC1)Nc1ccc(Cl)c(C(=O)O)c1. The highest BCUT2D eigenvalue weighted by Gasteiger charge is 2.15. The zero-order chi connectivity index (χ0) is 14.5. The van der Waals surface area contributed by atoms with Crippen LogP contribution in [0.1, 0.15) is 10.4 Å². The maximum atomic E-state index is 11.9. The van der Waals surface area contributed by atoms with E-state index in [0.717, 1.165) is 26.2 Å². The number of piperazine rings is 1. The molecule has 20 heavy (non-hydrogen) atoms. The lowest BCUT2D eigenvalue weighted by Crippen LogP contribution is -2.46. The molecule has 108 valence electrons. The Balaban J connectivity index is 1.96. The number of amides is 1. The van der Waals surface area contributed by atoms with Gasteiger partial charge in [-0.25, -0.2) is 4.79 Å². The van der Waals surface area contributed by atoms with Crippen molar-refractivity contribution in [2.24, 2.45) is 0 Å². The number of carbonyl (C=O) groups is 2. The molecule has 3 N–H and O–H groups in total. The topological polar surface area (TPSA) is 81.7 Å². The molecular formula is C13H16ClN3O3. The van der Waals surface area contributed by atoms with E-state index in [1.165, 1.54) is 12.1 Å². The van der Waals surface area contributed by atoms with E-state index in [9.17, 15) is 9.59 Å². The van der Waals surface area contributed by atoms with Gasteiger partial charge >= 0.3 is 5.97 Å². The smallest absolute Gasteiger partial charge is 0.337 e. The van der Waals surface area contributed by atoms with E-state index in [1.54, 1.807) is 6.07 Å². The Morgan fingerprint density at radius 2 is 2.05 bits per heavy atom. The minimum atomic E-state index is -1.12. The van der Waals surface area contributed by atoms with Crippen LogP contribution in [0.15, 0.2) is 18.2 Å². The second-order valence-electron chi connectivity index (χ2n) is 4.57.